The minimum atomic E-state index is -0.602. The fourth-order valence-corrected chi connectivity index (χ4v) is 1.61. The Morgan fingerprint density at radius 3 is 2.71 bits per heavy atom. The summed E-state index contributed by atoms with van der Waals surface area (Å²) in [6.07, 6.45) is 3.18. The normalized spacial score (nSPS) is 11.8. The number of benzene rings is 1. The summed E-state index contributed by atoms with van der Waals surface area (Å²) < 4.78 is 0.936. The summed E-state index contributed by atoms with van der Waals surface area (Å²) in [7, 11) is 0. The summed E-state index contributed by atoms with van der Waals surface area (Å²) in [6.45, 7) is 3.43. The van der Waals surface area contributed by atoms with Gasteiger partial charge in [-0.1, -0.05) is 34.1 Å². The molecule has 3 nitrogen and oxygen atoms in total. The Bertz CT molecular complexity index is 427. The van der Waals surface area contributed by atoms with Crippen LogP contribution in [0, 0.1) is 0 Å². The summed E-state index contributed by atoms with van der Waals surface area (Å²) in [6, 6.07) is 7.64. The first-order valence-corrected chi connectivity index (χ1v) is 6.09. The minimum absolute atomic E-state index is 0.0956. The van der Waals surface area contributed by atoms with Gasteiger partial charge in [0.05, 0.1) is 12.1 Å². The van der Waals surface area contributed by atoms with Crippen LogP contribution < -0.4 is 5.32 Å². The lowest BCUT2D eigenvalue weighted by atomic mass is 10.1. The van der Waals surface area contributed by atoms with Crippen LogP contribution in [0.2, 0.25) is 0 Å². The van der Waals surface area contributed by atoms with E-state index in [2.05, 4.69) is 21.2 Å². The number of aliphatic hydroxyl groups excluding tert-OH is 1. The number of carbonyl (C=O) groups excluding carboxylic acids is 1. The van der Waals surface area contributed by atoms with Crippen molar-refractivity contribution in [2.45, 2.75) is 19.4 Å². The van der Waals surface area contributed by atoms with E-state index in [-0.39, 0.29) is 12.5 Å². The fraction of sp³-hybridized carbons (Fsp3) is 0.308. The van der Waals surface area contributed by atoms with E-state index >= 15 is 0 Å². The Kier molecular flexibility index (Phi) is 4.90. The van der Waals surface area contributed by atoms with Crippen LogP contribution >= 0.6 is 15.9 Å². The van der Waals surface area contributed by atoms with Crippen molar-refractivity contribution in [3.05, 3.63) is 40.4 Å². The second-order valence-electron chi connectivity index (χ2n) is 4.39. The van der Waals surface area contributed by atoms with Crippen molar-refractivity contribution in [2.24, 2.45) is 0 Å². The lowest BCUT2D eigenvalue weighted by Gasteiger charge is -2.22. The summed E-state index contributed by atoms with van der Waals surface area (Å²) >= 11 is 3.40. The molecule has 0 fully saturated rings. The van der Waals surface area contributed by atoms with Gasteiger partial charge in [-0.25, -0.2) is 0 Å². The van der Waals surface area contributed by atoms with Gasteiger partial charge in [0.25, 0.3) is 0 Å². The second kappa shape index (κ2) is 5.98. The average Bonchev–Trinajstić information content (AvgIpc) is 2.27. The van der Waals surface area contributed by atoms with Crippen molar-refractivity contribution >= 4 is 27.9 Å². The molecular weight excluding hydrogens is 282 g/mol. The monoisotopic (exact) mass is 297 g/mol. The largest absolute Gasteiger partial charge is 0.394 e. The molecule has 0 saturated heterocycles. The number of hydrogen-bond acceptors (Lipinski definition) is 2. The summed E-state index contributed by atoms with van der Waals surface area (Å²) in [5, 5.41) is 11.7. The highest BCUT2D eigenvalue weighted by molar-refractivity contribution is 9.10. The standard InChI is InChI=1S/C13H16BrNO2/c1-13(2,9-16)15-12(17)8-7-10-5-3-4-6-11(10)14/h3-8,16H,9H2,1-2H3,(H,15,17)/b8-7+. The van der Waals surface area contributed by atoms with Crippen LogP contribution in [0.4, 0.5) is 0 Å². The number of nitrogens with one attached hydrogen (secondary N) is 1. The lowest BCUT2D eigenvalue weighted by molar-refractivity contribution is -0.118. The highest BCUT2D eigenvalue weighted by Gasteiger charge is 2.17. The smallest absolute Gasteiger partial charge is 0.244 e. The Hall–Kier alpha value is -1.13. The Labute approximate surface area is 110 Å². The van der Waals surface area contributed by atoms with Gasteiger partial charge in [0.15, 0.2) is 0 Å². The summed E-state index contributed by atoms with van der Waals surface area (Å²) in [5.41, 5.74) is 0.333. The molecule has 0 heterocycles. The first-order valence-electron chi connectivity index (χ1n) is 5.30. The second-order valence-corrected chi connectivity index (χ2v) is 5.24. The molecule has 0 bridgehead atoms. The Morgan fingerprint density at radius 1 is 1.47 bits per heavy atom. The number of hydrogen-bond donors (Lipinski definition) is 2. The summed E-state index contributed by atoms with van der Waals surface area (Å²) in [5.74, 6) is -0.222. The van der Waals surface area contributed by atoms with Gasteiger partial charge in [-0.3, -0.25) is 4.79 Å². The third-order valence-electron chi connectivity index (χ3n) is 2.18. The van der Waals surface area contributed by atoms with Gasteiger partial charge in [0.2, 0.25) is 5.91 Å². The van der Waals surface area contributed by atoms with Crippen LogP contribution in [0.25, 0.3) is 6.08 Å². The first-order chi connectivity index (χ1) is 7.94. The maximum atomic E-state index is 11.6. The van der Waals surface area contributed by atoms with Gasteiger partial charge in [0, 0.05) is 10.5 Å². The van der Waals surface area contributed by atoms with Gasteiger partial charge in [-0.05, 0) is 31.6 Å². The van der Waals surface area contributed by atoms with Crippen LogP contribution in [-0.4, -0.2) is 23.2 Å². The third kappa shape index (κ3) is 4.71. The van der Waals surface area contributed by atoms with E-state index in [0.717, 1.165) is 10.0 Å². The molecule has 4 heteroatoms. The molecule has 0 aliphatic carbocycles. The van der Waals surface area contributed by atoms with Crippen molar-refractivity contribution in [1.29, 1.82) is 0 Å². The molecule has 1 aromatic rings. The number of halogens is 1. The lowest BCUT2D eigenvalue weighted by Crippen LogP contribution is -2.45. The van der Waals surface area contributed by atoms with Crippen molar-refractivity contribution in [2.75, 3.05) is 6.61 Å². The van der Waals surface area contributed by atoms with Gasteiger partial charge in [0.1, 0.15) is 0 Å². The fourth-order valence-electron chi connectivity index (χ4n) is 1.19. The van der Waals surface area contributed by atoms with Gasteiger partial charge < -0.3 is 10.4 Å². The Morgan fingerprint density at radius 2 is 2.12 bits per heavy atom. The van der Waals surface area contributed by atoms with Crippen LogP contribution in [0.15, 0.2) is 34.8 Å². The maximum Gasteiger partial charge on any atom is 0.244 e. The van der Waals surface area contributed by atoms with E-state index in [1.165, 1.54) is 6.08 Å². The highest BCUT2D eigenvalue weighted by atomic mass is 79.9. The van der Waals surface area contributed by atoms with E-state index in [1.807, 2.05) is 24.3 Å². The predicted octanol–water partition coefficient (Wildman–Crippen LogP) is 2.35. The SMILES string of the molecule is CC(C)(CO)NC(=O)/C=C/c1ccccc1Br. The van der Waals surface area contributed by atoms with Crippen molar-refractivity contribution in [3.8, 4) is 0 Å². The zero-order valence-electron chi connectivity index (χ0n) is 9.90. The van der Waals surface area contributed by atoms with Gasteiger partial charge in [-0.15, -0.1) is 0 Å². The molecule has 0 saturated carbocycles. The Balaban J connectivity index is 2.67. The minimum Gasteiger partial charge on any atom is -0.394 e. The van der Waals surface area contributed by atoms with Crippen LogP contribution in [0.5, 0.6) is 0 Å². The molecule has 0 radical (unpaired) electrons. The van der Waals surface area contributed by atoms with Crippen molar-refractivity contribution in [1.82, 2.24) is 5.32 Å². The van der Waals surface area contributed by atoms with Crippen LogP contribution in [0.3, 0.4) is 0 Å². The van der Waals surface area contributed by atoms with E-state index in [0.29, 0.717) is 0 Å². The number of aliphatic hydroxyl groups is 1. The topological polar surface area (TPSA) is 49.3 Å². The average molecular weight is 298 g/mol. The maximum absolute atomic E-state index is 11.6. The highest BCUT2D eigenvalue weighted by Crippen LogP contribution is 2.17. The van der Waals surface area contributed by atoms with E-state index in [1.54, 1.807) is 19.9 Å². The molecule has 0 aromatic heterocycles. The molecule has 0 aliphatic heterocycles. The van der Waals surface area contributed by atoms with Crippen molar-refractivity contribution in [3.63, 3.8) is 0 Å². The van der Waals surface area contributed by atoms with E-state index < -0.39 is 5.54 Å². The molecule has 0 aliphatic rings. The molecule has 2 N–H and O–H groups in total. The van der Waals surface area contributed by atoms with Crippen LogP contribution in [-0.2, 0) is 4.79 Å². The molecular formula is C13H16BrNO2. The quantitative estimate of drug-likeness (QED) is 0.838. The van der Waals surface area contributed by atoms with Gasteiger partial charge >= 0.3 is 0 Å². The zero-order chi connectivity index (χ0) is 12.9. The number of rotatable bonds is 4. The molecule has 1 amide bonds. The molecule has 0 spiro atoms. The first kappa shape index (κ1) is 13.9. The third-order valence-corrected chi connectivity index (χ3v) is 2.90. The van der Waals surface area contributed by atoms with Gasteiger partial charge in [-0.2, -0.15) is 0 Å². The van der Waals surface area contributed by atoms with Crippen LogP contribution in [0.1, 0.15) is 19.4 Å². The zero-order valence-corrected chi connectivity index (χ0v) is 11.5. The number of carbonyl (C=O) groups is 1. The molecule has 1 rings (SSSR count). The number of amides is 1. The molecule has 17 heavy (non-hydrogen) atoms. The predicted molar refractivity (Wildman–Crippen MR) is 72.5 cm³/mol. The molecule has 0 unspecified atom stereocenters. The molecule has 0 atom stereocenters. The van der Waals surface area contributed by atoms with E-state index in [9.17, 15) is 4.79 Å². The van der Waals surface area contributed by atoms with E-state index in [4.69, 9.17) is 5.11 Å². The molecule has 92 valence electrons. The summed E-state index contributed by atoms with van der Waals surface area (Å²) in [4.78, 5) is 11.6. The molecule has 1 aromatic carbocycles. The van der Waals surface area contributed by atoms with Crippen molar-refractivity contribution < 1.29 is 9.90 Å².